The summed E-state index contributed by atoms with van der Waals surface area (Å²) in [6.45, 7) is 1.74. The van der Waals surface area contributed by atoms with Crippen molar-refractivity contribution >= 4 is 23.4 Å². The molecule has 1 aliphatic rings. The number of hydrogen-bond donors (Lipinski definition) is 1. The fourth-order valence-corrected chi connectivity index (χ4v) is 2.07. The molecule has 0 aliphatic carbocycles. The lowest BCUT2D eigenvalue weighted by molar-refractivity contribution is -0.0834. The molecule has 5 nitrogen and oxygen atoms in total. The van der Waals surface area contributed by atoms with Gasteiger partial charge in [-0.3, -0.25) is 0 Å². The van der Waals surface area contributed by atoms with E-state index in [0.29, 0.717) is 16.3 Å². The Morgan fingerprint density at radius 3 is 2.67 bits per heavy atom. The number of carbonyl (C=O) groups is 1. The molecule has 0 fully saturated rings. The van der Waals surface area contributed by atoms with Crippen molar-refractivity contribution in [1.29, 1.82) is 0 Å². The van der Waals surface area contributed by atoms with E-state index in [0.717, 1.165) is 5.01 Å². The Bertz CT molecular complexity index is 501. The minimum atomic E-state index is -1.51. The quantitative estimate of drug-likeness (QED) is 0.850. The normalized spacial score (nSPS) is 22.9. The van der Waals surface area contributed by atoms with Gasteiger partial charge < -0.3 is 9.84 Å². The molecule has 1 aliphatic heterocycles. The maximum Gasteiger partial charge on any atom is 0.433 e. The van der Waals surface area contributed by atoms with Crippen molar-refractivity contribution in [2.45, 2.75) is 19.1 Å². The standard InChI is InChI=1S/C12H13ClN2O3/c1-8-7-12(17,15(14-8)11(16)18-2)9-3-5-10(13)6-4-9/h3-6,17H,7H2,1-2H3/t12-/m0/s1. The smallest absolute Gasteiger partial charge is 0.433 e. The lowest BCUT2D eigenvalue weighted by Crippen LogP contribution is -2.43. The summed E-state index contributed by atoms with van der Waals surface area (Å²) in [4.78, 5) is 11.6. The Kier molecular flexibility index (Phi) is 3.28. The number of halogens is 1. The number of hydrazone groups is 1. The summed E-state index contributed by atoms with van der Waals surface area (Å²) in [5.41, 5.74) is -0.322. The predicted octanol–water partition coefficient (Wildman–Crippen LogP) is 2.33. The largest absolute Gasteiger partial charge is 0.451 e. The van der Waals surface area contributed by atoms with Gasteiger partial charge in [0, 0.05) is 22.7 Å². The highest BCUT2D eigenvalue weighted by molar-refractivity contribution is 6.30. The van der Waals surface area contributed by atoms with Crippen molar-refractivity contribution in [3.63, 3.8) is 0 Å². The average Bonchev–Trinajstić information content (AvgIpc) is 2.65. The summed E-state index contributed by atoms with van der Waals surface area (Å²) in [7, 11) is 1.24. The topological polar surface area (TPSA) is 62.1 Å². The van der Waals surface area contributed by atoms with Crippen molar-refractivity contribution in [2.24, 2.45) is 5.10 Å². The summed E-state index contributed by atoms with van der Waals surface area (Å²) in [5, 5.41) is 16.2. The van der Waals surface area contributed by atoms with E-state index in [1.807, 2.05) is 0 Å². The SMILES string of the molecule is COC(=O)N1N=C(C)C[C@]1(O)c1ccc(Cl)cc1. The first-order valence-corrected chi connectivity index (χ1v) is 5.76. The van der Waals surface area contributed by atoms with Crippen molar-refractivity contribution in [3.05, 3.63) is 34.9 Å². The van der Waals surface area contributed by atoms with Crippen LogP contribution in [-0.2, 0) is 10.5 Å². The highest BCUT2D eigenvalue weighted by Crippen LogP contribution is 2.35. The van der Waals surface area contributed by atoms with Crippen LogP contribution in [0.3, 0.4) is 0 Å². The molecule has 1 N–H and O–H groups in total. The van der Waals surface area contributed by atoms with Crippen LogP contribution in [0.4, 0.5) is 4.79 Å². The summed E-state index contributed by atoms with van der Waals surface area (Å²) >= 11 is 5.80. The van der Waals surface area contributed by atoms with Gasteiger partial charge in [0.25, 0.3) is 0 Å². The molecule has 0 unspecified atom stereocenters. The van der Waals surface area contributed by atoms with Crippen LogP contribution in [0, 0.1) is 0 Å². The molecule has 0 saturated heterocycles. The number of hydrogen-bond acceptors (Lipinski definition) is 4. The summed E-state index contributed by atoms with van der Waals surface area (Å²) in [6, 6.07) is 6.62. The number of amides is 1. The molecule has 96 valence electrons. The zero-order chi connectivity index (χ0) is 13.3. The molecule has 0 spiro atoms. The van der Waals surface area contributed by atoms with Gasteiger partial charge in [-0.1, -0.05) is 23.7 Å². The summed E-state index contributed by atoms with van der Waals surface area (Å²) in [6.07, 6.45) is -0.465. The molecule has 1 heterocycles. The van der Waals surface area contributed by atoms with Gasteiger partial charge in [0.05, 0.1) is 7.11 Å². The maximum absolute atomic E-state index is 11.6. The Balaban J connectivity index is 2.40. The second-order valence-corrected chi connectivity index (χ2v) is 4.55. The highest BCUT2D eigenvalue weighted by atomic mass is 35.5. The van der Waals surface area contributed by atoms with Gasteiger partial charge in [-0.05, 0) is 19.1 Å². The van der Waals surface area contributed by atoms with Crippen LogP contribution in [-0.4, -0.2) is 29.0 Å². The number of nitrogens with zero attached hydrogens (tertiary/aromatic N) is 2. The molecular formula is C12H13ClN2O3. The Labute approximate surface area is 110 Å². The van der Waals surface area contributed by atoms with Crippen LogP contribution < -0.4 is 0 Å². The third-order valence-corrected chi connectivity index (χ3v) is 3.03. The van der Waals surface area contributed by atoms with Crippen LogP contribution >= 0.6 is 11.6 Å². The van der Waals surface area contributed by atoms with E-state index in [2.05, 4.69) is 9.84 Å². The number of aliphatic hydroxyl groups is 1. The van der Waals surface area contributed by atoms with Gasteiger partial charge in [0.2, 0.25) is 0 Å². The monoisotopic (exact) mass is 268 g/mol. The van der Waals surface area contributed by atoms with Crippen LogP contribution in [0.15, 0.2) is 29.4 Å². The van der Waals surface area contributed by atoms with Crippen molar-refractivity contribution in [3.8, 4) is 0 Å². The molecule has 18 heavy (non-hydrogen) atoms. The number of ether oxygens (including phenoxy) is 1. The maximum atomic E-state index is 11.6. The zero-order valence-corrected chi connectivity index (χ0v) is 10.8. The van der Waals surface area contributed by atoms with Gasteiger partial charge in [0.1, 0.15) is 0 Å². The van der Waals surface area contributed by atoms with E-state index in [1.165, 1.54) is 7.11 Å². The van der Waals surface area contributed by atoms with Crippen LogP contribution in [0.5, 0.6) is 0 Å². The molecule has 2 rings (SSSR count). The molecule has 1 atom stereocenters. The van der Waals surface area contributed by atoms with Crippen LogP contribution in [0.2, 0.25) is 5.02 Å². The zero-order valence-electron chi connectivity index (χ0n) is 10.1. The van der Waals surface area contributed by atoms with Crippen molar-refractivity contribution in [1.82, 2.24) is 5.01 Å². The van der Waals surface area contributed by atoms with E-state index in [1.54, 1.807) is 31.2 Å². The van der Waals surface area contributed by atoms with Gasteiger partial charge in [-0.2, -0.15) is 10.1 Å². The van der Waals surface area contributed by atoms with E-state index in [4.69, 9.17) is 11.6 Å². The van der Waals surface area contributed by atoms with E-state index >= 15 is 0 Å². The van der Waals surface area contributed by atoms with Crippen LogP contribution in [0.25, 0.3) is 0 Å². The van der Waals surface area contributed by atoms with Gasteiger partial charge >= 0.3 is 6.09 Å². The Morgan fingerprint density at radius 1 is 1.50 bits per heavy atom. The summed E-state index contributed by atoms with van der Waals surface area (Å²) < 4.78 is 4.62. The number of rotatable bonds is 1. The fraction of sp³-hybridized carbons (Fsp3) is 0.333. The van der Waals surface area contributed by atoms with Crippen molar-refractivity contribution in [2.75, 3.05) is 7.11 Å². The number of carbonyl (C=O) groups excluding carboxylic acids is 1. The Morgan fingerprint density at radius 2 is 2.11 bits per heavy atom. The first-order chi connectivity index (χ1) is 8.47. The number of methoxy groups -OCH3 is 1. The second-order valence-electron chi connectivity index (χ2n) is 4.12. The molecular weight excluding hydrogens is 256 g/mol. The lowest BCUT2D eigenvalue weighted by atomic mass is 9.98. The van der Waals surface area contributed by atoms with Crippen molar-refractivity contribution < 1.29 is 14.6 Å². The van der Waals surface area contributed by atoms with Gasteiger partial charge in [-0.15, -0.1) is 0 Å². The first kappa shape index (κ1) is 12.9. The predicted molar refractivity (Wildman–Crippen MR) is 67.3 cm³/mol. The average molecular weight is 269 g/mol. The molecule has 1 aromatic carbocycles. The number of benzene rings is 1. The Hall–Kier alpha value is -1.59. The molecule has 1 aromatic rings. The second kappa shape index (κ2) is 4.59. The van der Waals surface area contributed by atoms with E-state index < -0.39 is 11.8 Å². The van der Waals surface area contributed by atoms with Gasteiger partial charge in [0.15, 0.2) is 5.72 Å². The highest BCUT2D eigenvalue weighted by Gasteiger charge is 2.45. The fourth-order valence-electron chi connectivity index (χ4n) is 1.94. The van der Waals surface area contributed by atoms with E-state index in [-0.39, 0.29) is 6.42 Å². The molecule has 0 saturated carbocycles. The third kappa shape index (κ3) is 2.07. The molecule has 0 radical (unpaired) electrons. The molecule has 6 heteroatoms. The first-order valence-electron chi connectivity index (χ1n) is 5.38. The molecule has 0 aromatic heterocycles. The minimum absolute atomic E-state index is 0.240. The summed E-state index contributed by atoms with van der Waals surface area (Å²) in [5.74, 6) is 0. The van der Waals surface area contributed by atoms with E-state index in [9.17, 15) is 9.90 Å². The van der Waals surface area contributed by atoms with Gasteiger partial charge in [-0.25, -0.2) is 4.79 Å². The lowest BCUT2D eigenvalue weighted by Gasteiger charge is -2.30. The third-order valence-electron chi connectivity index (χ3n) is 2.78. The molecule has 0 bridgehead atoms. The minimum Gasteiger partial charge on any atom is -0.451 e. The van der Waals surface area contributed by atoms with Crippen LogP contribution in [0.1, 0.15) is 18.9 Å². The molecule has 1 amide bonds.